The molecule has 6 nitrogen and oxygen atoms in total. The van der Waals surface area contributed by atoms with Gasteiger partial charge in [-0.15, -0.1) is 10.2 Å². The lowest BCUT2D eigenvalue weighted by Gasteiger charge is -2.27. The number of hydrogen-bond acceptors (Lipinski definition) is 4. The lowest BCUT2D eigenvalue weighted by atomic mass is 9.82. The molecule has 0 aliphatic heterocycles. The highest BCUT2D eigenvalue weighted by molar-refractivity contribution is 7.92. The molecule has 8 heteroatoms. The number of hydrogen-bond donors (Lipinski definition) is 1. The van der Waals surface area contributed by atoms with Crippen molar-refractivity contribution in [2.24, 2.45) is 0 Å². The average Bonchev–Trinajstić information content (AvgIpc) is 3.12. The van der Waals surface area contributed by atoms with Gasteiger partial charge >= 0.3 is 0 Å². The number of anilines is 1. The molecule has 1 N–H and O–H groups in total. The van der Waals surface area contributed by atoms with E-state index in [2.05, 4.69) is 28.8 Å². The van der Waals surface area contributed by atoms with Crippen molar-refractivity contribution in [3.63, 3.8) is 0 Å². The van der Waals surface area contributed by atoms with Gasteiger partial charge < -0.3 is 4.57 Å². The first-order valence-electron chi connectivity index (χ1n) is 10.3. The van der Waals surface area contributed by atoms with Gasteiger partial charge in [0.25, 0.3) is 10.0 Å². The number of benzene rings is 2. The summed E-state index contributed by atoms with van der Waals surface area (Å²) in [7, 11) is -3.80. The number of sulfonamides is 1. The quantitative estimate of drug-likeness (QED) is 0.501. The smallest absolute Gasteiger partial charge is 0.261 e. The van der Waals surface area contributed by atoms with E-state index in [1.165, 1.54) is 0 Å². The summed E-state index contributed by atoms with van der Waals surface area (Å²) in [4.78, 5) is 0.188. The first kappa shape index (κ1) is 23.3. The molecule has 0 spiro atoms. The Morgan fingerprint density at radius 2 is 1.71 bits per heavy atom. The van der Waals surface area contributed by atoms with Gasteiger partial charge in [-0.25, -0.2) is 8.42 Å². The number of aromatic nitrogens is 3. The number of halogens is 1. The molecule has 2 aromatic carbocycles. The number of aryl methyl sites for hydroxylation is 1. The van der Waals surface area contributed by atoms with Crippen molar-refractivity contribution in [3.8, 4) is 11.4 Å². The highest BCUT2D eigenvalue weighted by Gasteiger charge is 2.30. The van der Waals surface area contributed by atoms with E-state index in [4.69, 9.17) is 11.6 Å². The maximum Gasteiger partial charge on any atom is 0.261 e. The Hall–Kier alpha value is -2.38. The maximum atomic E-state index is 13.1. The summed E-state index contributed by atoms with van der Waals surface area (Å²) in [6.45, 7) is 12.3. The first-order chi connectivity index (χ1) is 14.5. The monoisotopic (exact) mass is 460 g/mol. The second kappa shape index (κ2) is 8.63. The summed E-state index contributed by atoms with van der Waals surface area (Å²) >= 11 is 6.66. The van der Waals surface area contributed by atoms with E-state index in [1.54, 1.807) is 42.5 Å². The van der Waals surface area contributed by atoms with Crippen LogP contribution < -0.4 is 4.72 Å². The summed E-state index contributed by atoms with van der Waals surface area (Å²) in [5, 5.41) is 9.41. The third kappa shape index (κ3) is 4.62. The third-order valence-electron chi connectivity index (χ3n) is 5.02. The normalized spacial score (nSPS) is 12.4. The fourth-order valence-corrected chi connectivity index (χ4v) is 5.24. The highest BCUT2D eigenvalue weighted by atomic mass is 35.5. The number of rotatable bonds is 6. The Labute approximate surface area is 189 Å². The average molecular weight is 461 g/mol. The predicted octanol–water partition coefficient (Wildman–Crippen LogP) is 5.84. The Bertz CT molecular complexity index is 1180. The van der Waals surface area contributed by atoms with E-state index in [0.717, 1.165) is 11.4 Å². The Kier molecular flexibility index (Phi) is 6.48. The van der Waals surface area contributed by atoms with Crippen molar-refractivity contribution < 1.29 is 8.42 Å². The zero-order valence-corrected chi connectivity index (χ0v) is 20.3. The van der Waals surface area contributed by atoms with Crippen molar-refractivity contribution >= 4 is 27.3 Å². The van der Waals surface area contributed by atoms with E-state index in [-0.39, 0.29) is 16.4 Å². The summed E-state index contributed by atoms with van der Waals surface area (Å²) in [5.41, 5.74) is 1.54. The van der Waals surface area contributed by atoms with E-state index in [9.17, 15) is 8.42 Å². The van der Waals surface area contributed by atoms with Crippen molar-refractivity contribution in [2.75, 3.05) is 4.72 Å². The lowest BCUT2D eigenvalue weighted by Crippen LogP contribution is -2.19. The minimum Gasteiger partial charge on any atom is -0.308 e. The van der Waals surface area contributed by atoms with Gasteiger partial charge in [-0.1, -0.05) is 57.5 Å². The molecule has 1 aromatic heterocycles. The molecule has 3 aromatic rings. The molecule has 1 heterocycles. The molecule has 166 valence electrons. The Morgan fingerprint density at radius 1 is 1.06 bits per heavy atom. The molecular formula is C23H29ClN4O2S. The van der Waals surface area contributed by atoms with Gasteiger partial charge in [0.2, 0.25) is 0 Å². The highest BCUT2D eigenvalue weighted by Crippen LogP contribution is 2.43. The van der Waals surface area contributed by atoms with E-state index < -0.39 is 10.0 Å². The zero-order chi connectivity index (χ0) is 23.0. The standard InChI is InChI=1S/C23H29ClN4O2S/c1-7-19-25-26-22(28(19)15(2)3)20-18(14-13-17(24)21(20)23(4,5)6)27-31(29,30)16-11-9-8-10-12-16/h8-15,27H,7H2,1-6H3. The molecule has 0 saturated carbocycles. The van der Waals surface area contributed by atoms with Crippen LogP contribution in [0.25, 0.3) is 11.4 Å². The van der Waals surface area contributed by atoms with Crippen LogP contribution >= 0.6 is 11.6 Å². The fourth-order valence-electron chi connectivity index (χ4n) is 3.71. The van der Waals surface area contributed by atoms with Gasteiger partial charge in [0, 0.05) is 23.0 Å². The van der Waals surface area contributed by atoms with Crippen LogP contribution in [-0.4, -0.2) is 23.2 Å². The van der Waals surface area contributed by atoms with Gasteiger partial charge in [-0.3, -0.25) is 4.72 Å². The van der Waals surface area contributed by atoms with Crippen LogP contribution in [0.3, 0.4) is 0 Å². The minimum atomic E-state index is -3.80. The van der Waals surface area contributed by atoms with E-state index in [0.29, 0.717) is 28.5 Å². The van der Waals surface area contributed by atoms with Crippen LogP contribution in [0.15, 0.2) is 47.4 Å². The molecule has 0 atom stereocenters. The van der Waals surface area contributed by atoms with Crippen LogP contribution in [0, 0.1) is 0 Å². The van der Waals surface area contributed by atoms with Gasteiger partial charge in [0.15, 0.2) is 5.82 Å². The number of nitrogens with one attached hydrogen (secondary N) is 1. The summed E-state index contributed by atoms with van der Waals surface area (Å²) in [5.74, 6) is 1.44. The largest absolute Gasteiger partial charge is 0.308 e. The fraction of sp³-hybridized carbons (Fsp3) is 0.391. The third-order valence-corrected chi connectivity index (χ3v) is 6.72. The molecule has 0 fully saturated rings. The van der Waals surface area contributed by atoms with Crippen molar-refractivity contribution in [2.45, 2.75) is 64.3 Å². The molecule has 0 aliphatic rings. The van der Waals surface area contributed by atoms with Gasteiger partial charge in [-0.2, -0.15) is 0 Å². The molecule has 0 aliphatic carbocycles. The first-order valence-corrected chi connectivity index (χ1v) is 12.2. The Morgan fingerprint density at radius 3 is 2.26 bits per heavy atom. The second-order valence-electron chi connectivity index (χ2n) is 8.77. The summed E-state index contributed by atoms with van der Waals surface area (Å²) < 4.78 is 31.1. The molecule has 31 heavy (non-hydrogen) atoms. The van der Waals surface area contributed by atoms with E-state index in [1.807, 2.05) is 32.3 Å². The summed E-state index contributed by atoms with van der Waals surface area (Å²) in [6, 6.07) is 11.8. The molecule has 0 saturated heterocycles. The van der Waals surface area contributed by atoms with Crippen LogP contribution in [0.2, 0.25) is 5.02 Å². The predicted molar refractivity (Wildman–Crippen MR) is 126 cm³/mol. The molecular weight excluding hydrogens is 432 g/mol. The summed E-state index contributed by atoms with van der Waals surface area (Å²) in [6.07, 6.45) is 0.710. The SMILES string of the molecule is CCc1nnc(-c2c(NS(=O)(=O)c3ccccc3)ccc(Cl)c2C(C)(C)C)n1C(C)C. The van der Waals surface area contributed by atoms with Crippen LogP contribution in [0.4, 0.5) is 5.69 Å². The van der Waals surface area contributed by atoms with Gasteiger partial charge in [0.1, 0.15) is 5.82 Å². The van der Waals surface area contributed by atoms with Crippen LogP contribution in [0.5, 0.6) is 0 Å². The minimum absolute atomic E-state index is 0.0883. The molecule has 0 bridgehead atoms. The lowest BCUT2D eigenvalue weighted by molar-refractivity contribution is 0.569. The van der Waals surface area contributed by atoms with Gasteiger partial charge in [0.05, 0.1) is 10.6 Å². The number of nitrogens with zero attached hydrogens (tertiary/aromatic N) is 3. The van der Waals surface area contributed by atoms with Crippen molar-refractivity contribution in [1.82, 2.24) is 14.8 Å². The maximum absolute atomic E-state index is 13.1. The van der Waals surface area contributed by atoms with Gasteiger partial charge in [-0.05, 0) is 49.1 Å². The van der Waals surface area contributed by atoms with Crippen LogP contribution in [-0.2, 0) is 21.9 Å². The van der Waals surface area contributed by atoms with Crippen molar-refractivity contribution in [1.29, 1.82) is 0 Å². The Balaban J connectivity index is 2.32. The molecule has 0 amide bonds. The molecule has 0 radical (unpaired) electrons. The zero-order valence-electron chi connectivity index (χ0n) is 18.8. The van der Waals surface area contributed by atoms with E-state index >= 15 is 0 Å². The van der Waals surface area contributed by atoms with Crippen molar-refractivity contribution in [3.05, 3.63) is 58.9 Å². The molecule has 0 unspecified atom stereocenters. The topological polar surface area (TPSA) is 76.9 Å². The molecule has 3 rings (SSSR count). The second-order valence-corrected chi connectivity index (χ2v) is 10.9. The van der Waals surface area contributed by atoms with Crippen LogP contribution in [0.1, 0.15) is 59.0 Å².